The zero-order chi connectivity index (χ0) is 23.8. The van der Waals surface area contributed by atoms with Crippen LogP contribution in [-0.4, -0.2) is 39.6 Å². The van der Waals surface area contributed by atoms with Crippen molar-refractivity contribution in [2.75, 3.05) is 11.9 Å². The molecule has 7 nitrogen and oxygen atoms in total. The smallest absolute Gasteiger partial charge is 0.407 e. The van der Waals surface area contributed by atoms with Gasteiger partial charge in [-0.2, -0.15) is 0 Å². The van der Waals surface area contributed by atoms with E-state index in [1.807, 2.05) is 84.9 Å². The maximum Gasteiger partial charge on any atom is 0.407 e. The minimum atomic E-state index is -0.330. The van der Waals surface area contributed by atoms with Gasteiger partial charge < -0.3 is 15.4 Å². The molecular weight excluding hydrogens is 448 g/mol. The van der Waals surface area contributed by atoms with Gasteiger partial charge in [0.15, 0.2) is 5.11 Å². The lowest BCUT2D eigenvalue weighted by Crippen LogP contribution is -2.56. The molecule has 0 bridgehead atoms. The minimum Gasteiger partial charge on any atom is -0.447 e. The van der Waals surface area contributed by atoms with Crippen molar-refractivity contribution in [2.24, 2.45) is 0 Å². The van der Waals surface area contributed by atoms with Crippen molar-refractivity contribution < 1.29 is 15.8 Å². The Morgan fingerprint density at radius 3 is 2.44 bits per heavy atom. The molecule has 2 aromatic carbocycles. The second kappa shape index (κ2) is 11.2. The van der Waals surface area contributed by atoms with Crippen molar-refractivity contribution in [3.63, 3.8) is 0 Å². The van der Waals surface area contributed by atoms with Crippen molar-refractivity contribution in [1.82, 2.24) is 15.2 Å². The summed E-state index contributed by atoms with van der Waals surface area (Å²) in [7, 11) is 0. The highest BCUT2D eigenvalue weighted by Crippen LogP contribution is 2.23. The summed E-state index contributed by atoms with van der Waals surface area (Å²) in [5.41, 5.74) is 2.97. The highest BCUT2D eigenvalue weighted by molar-refractivity contribution is 7.80. The third-order valence-corrected chi connectivity index (χ3v) is 5.60. The van der Waals surface area contributed by atoms with E-state index in [2.05, 4.69) is 15.6 Å². The predicted molar refractivity (Wildman–Crippen MR) is 137 cm³/mol. The second-order valence-electron chi connectivity index (χ2n) is 7.68. The molecule has 2 amide bonds. The number of para-hydroxylation sites is 1. The van der Waals surface area contributed by atoms with Crippen LogP contribution in [0, 0.1) is 0 Å². The normalized spacial score (nSPS) is 18.9. The fraction of sp³-hybridized carbons (Fsp3) is 0.154. The van der Waals surface area contributed by atoms with Crippen LogP contribution < -0.4 is 10.6 Å². The molecule has 3 aromatic rings. The van der Waals surface area contributed by atoms with E-state index in [1.165, 1.54) is 0 Å². The molecule has 174 valence electrons. The van der Waals surface area contributed by atoms with Crippen LogP contribution in [-0.2, 0) is 9.53 Å². The Morgan fingerprint density at radius 2 is 1.82 bits per heavy atom. The van der Waals surface area contributed by atoms with Gasteiger partial charge in [-0.3, -0.25) is 14.7 Å². The average Bonchev–Trinajstić information content (AvgIpc) is 3.30. The number of cyclic esters (lactones) is 1. The number of pyridine rings is 1. The quantitative estimate of drug-likeness (QED) is 0.417. The van der Waals surface area contributed by atoms with E-state index in [-0.39, 0.29) is 25.5 Å². The standard InChI is InChI=1S/C17H15N3OS.C9H9NO2.H2/c21-16-11-15(9-8-13-5-4-10-18-12-13)20(16)17(22)19-14-6-2-1-3-7-14;11-9-10-8(6-12-9)7-4-2-1-3-5-7;/h1-10,12,15H,11H2,(H,19,22);1-5,8H,6H2,(H,10,11);1H/b9-8+;;/t15-;8-;/m11./s1. The monoisotopic (exact) mass is 474 g/mol. The molecule has 5 rings (SSSR count). The van der Waals surface area contributed by atoms with Crippen molar-refractivity contribution in [3.05, 3.63) is 102 Å². The number of thiocarbonyl (C=S) groups is 1. The van der Waals surface area contributed by atoms with E-state index in [0.717, 1.165) is 16.8 Å². The summed E-state index contributed by atoms with van der Waals surface area (Å²) >= 11 is 5.34. The number of hydrogen-bond donors (Lipinski definition) is 2. The minimum absolute atomic E-state index is 0. The van der Waals surface area contributed by atoms with Gasteiger partial charge in [0.1, 0.15) is 6.61 Å². The molecule has 2 fully saturated rings. The first kappa shape index (κ1) is 23.1. The van der Waals surface area contributed by atoms with Gasteiger partial charge in [-0.25, -0.2) is 4.79 Å². The zero-order valence-electron chi connectivity index (χ0n) is 18.3. The number of amides is 2. The molecule has 2 saturated heterocycles. The van der Waals surface area contributed by atoms with E-state index < -0.39 is 0 Å². The Kier molecular flexibility index (Phi) is 7.62. The number of carbonyl (C=O) groups excluding carboxylic acids is 2. The topological polar surface area (TPSA) is 83.6 Å². The van der Waals surface area contributed by atoms with Crippen molar-refractivity contribution in [3.8, 4) is 0 Å². The number of nitrogens with zero attached hydrogens (tertiary/aromatic N) is 2. The van der Waals surface area contributed by atoms with Gasteiger partial charge in [-0.05, 0) is 41.5 Å². The van der Waals surface area contributed by atoms with Crippen LogP contribution in [0.25, 0.3) is 6.08 Å². The third-order valence-electron chi connectivity index (χ3n) is 5.30. The molecule has 34 heavy (non-hydrogen) atoms. The van der Waals surface area contributed by atoms with Crippen molar-refractivity contribution in [2.45, 2.75) is 18.5 Å². The molecule has 2 aliphatic heterocycles. The van der Waals surface area contributed by atoms with Crippen LogP contribution in [0.2, 0.25) is 0 Å². The van der Waals surface area contributed by atoms with E-state index in [4.69, 9.17) is 17.0 Å². The van der Waals surface area contributed by atoms with Crippen LogP contribution in [0.3, 0.4) is 0 Å². The predicted octanol–water partition coefficient (Wildman–Crippen LogP) is 4.81. The van der Waals surface area contributed by atoms with Gasteiger partial charge in [0.25, 0.3) is 0 Å². The van der Waals surface area contributed by atoms with Gasteiger partial charge in [0.2, 0.25) is 5.91 Å². The summed E-state index contributed by atoms with van der Waals surface area (Å²) in [6.45, 7) is 0.433. The molecule has 1 aromatic heterocycles. The SMILES string of the molecule is O=C1C[C@@H](/C=C/c2cccnc2)N1C(=S)Nc1ccccc1.O=C1N[C@@H](c2ccccc2)CO1.[HH]. The molecule has 0 saturated carbocycles. The average molecular weight is 475 g/mol. The van der Waals surface area contributed by atoms with E-state index >= 15 is 0 Å². The number of hydrogen-bond acceptors (Lipinski definition) is 5. The third kappa shape index (κ3) is 6.05. The number of ether oxygens (including phenoxy) is 1. The molecule has 0 unspecified atom stereocenters. The van der Waals surface area contributed by atoms with Crippen LogP contribution in [0.5, 0.6) is 0 Å². The molecule has 3 heterocycles. The van der Waals surface area contributed by atoms with Gasteiger partial charge in [0.05, 0.1) is 18.5 Å². The van der Waals surface area contributed by atoms with Crippen molar-refractivity contribution >= 4 is 41.1 Å². The zero-order valence-corrected chi connectivity index (χ0v) is 19.2. The molecule has 0 radical (unpaired) electrons. The summed E-state index contributed by atoms with van der Waals surface area (Å²) in [5.74, 6) is 0.0364. The van der Waals surface area contributed by atoms with Crippen LogP contribution in [0.1, 0.15) is 25.0 Å². The lowest BCUT2D eigenvalue weighted by atomic mass is 10.0. The number of likely N-dealkylation sites (tertiary alicyclic amines) is 1. The Bertz CT molecular complexity index is 1160. The first-order valence-corrected chi connectivity index (χ1v) is 11.3. The van der Waals surface area contributed by atoms with Gasteiger partial charge in [0, 0.05) is 19.5 Å². The lowest BCUT2D eigenvalue weighted by molar-refractivity contribution is -0.136. The molecule has 8 heteroatoms. The Balaban J connectivity index is 0.000000223. The molecule has 0 aliphatic carbocycles. The lowest BCUT2D eigenvalue weighted by Gasteiger charge is -2.38. The Labute approximate surface area is 204 Å². The number of nitrogens with one attached hydrogen (secondary N) is 2. The Hall–Kier alpha value is -4.04. The number of benzene rings is 2. The molecular formula is C26H26N4O3S. The molecule has 2 aliphatic rings. The van der Waals surface area contributed by atoms with Crippen LogP contribution in [0.15, 0.2) is 91.3 Å². The number of anilines is 1. The van der Waals surface area contributed by atoms with Gasteiger partial charge in [-0.15, -0.1) is 0 Å². The number of β-lactam (4-membered cyclic amide) rings is 1. The first-order chi connectivity index (χ1) is 16.6. The molecule has 2 atom stereocenters. The summed E-state index contributed by atoms with van der Waals surface area (Å²) in [6, 6.07) is 23.2. The fourth-order valence-corrected chi connectivity index (χ4v) is 3.87. The van der Waals surface area contributed by atoms with Crippen molar-refractivity contribution in [1.29, 1.82) is 0 Å². The summed E-state index contributed by atoms with van der Waals surface area (Å²) < 4.78 is 4.77. The number of rotatable bonds is 4. The van der Waals surface area contributed by atoms with Gasteiger partial charge in [-0.1, -0.05) is 66.7 Å². The van der Waals surface area contributed by atoms with E-state index in [1.54, 1.807) is 17.3 Å². The molecule has 0 spiro atoms. The van der Waals surface area contributed by atoms with Gasteiger partial charge >= 0.3 is 6.09 Å². The Morgan fingerprint density at radius 1 is 1.09 bits per heavy atom. The van der Waals surface area contributed by atoms with E-state index in [9.17, 15) is 9.59 Å². The fourth-order valence-electron chi connectivity index (χ4n) is 3.51. The summed E-state index contributed by atoms with van der Waals surface area (Å²) in [4.78, 5) is 28.2. The maximum atomic E-state index is 11.8. The number of carbonyl (C=O) groups is 2. The van der Waals surface area contributed by atoms with E-state index in [0.29, 0.717) is 18.1 Å². The highest BCUT2D eigenvalue weighted by Gasteiger charge is 2.37. The maximum absolute atomic E-state index is 11.8. The van der Waals surface area contributed by atoms with Crippen LogP contribution in [0.4, 0.5) is 10.5 Å². The number of alkyl carbamates (subject to hydrolysis) is 1. The largest absolute Gasteiger partial charge is 0.447 e. The first-order valence-electron chi connectivity index (χ1n) is 10.8. The molecule has 2 N–H and O–H groups in total. The van der Waals surface area contributed by atoms with Crippen LogP contribution >= 0.6 is 12.2 Å². The summed E-state index contributed by atoms with van der Waals surface area (Å²) in [5, 5.41) is 6.24. The summed E-state index contributed by atoms with van der Waals surface area (Å²) in [6.07, 6.45) is 7.61. The number of aromatic nitrogens is 1. The highest BCUT2D eigenvalue weighted by atomic mass is 32.1. The second-order valence-corrected chi connectivity index (χ2v) is 8.07.